The van der Waals surface area contributed by atoms with Gasteiger partial charge in [-0.25, -0.2) is 0 Å². The molecule has 0 aliphatic rings. The fraction of sp³-hybridized carbons (Fsp3) is 0.400. The Morgan fingerprint density at radius 3 is 2.71 bits per heavy atom. The minimum Gasteiger partial charge on any atom is -0.370 e. The molecule has 1 N–H and O–H groups in total. The Hall–Kier alpha value is -0.280. The van der Waals surface area contributed by atoms with Crippen LogP contribution in [0.1, 0.15) is 5.56 Å². The molecule has 1 aromatic rings. The second-order valence-corrected chi connectivity index (χ2v) is 3.75. The molecule has 0 bridgehead atoms. The van der Waals surface area contributed by atoms with Gasteiger partial charge < -0.3 is 4.74 Å². The Morgan fingerprint density at radius 1 is 1.29 bits per heavy atom. The lowest BCUT2D eigenvalue weighted by atomic mass is 10.1. The van der Waals surface area contributed by atoms with Gasteiger partial charge in [-0.1, -0.05) is 29.3 Å². The molecule has 0 saturated carbocycles. The molecule has 0 unspecified atom stereocenters. The molecular formula is C10H13Cl2NO. The zero-order valence-electron chi connectivity index (χ0n) is 8.02. The molecule has 0 amide bonds. The molecule has 1 aromatic carbocycles. The minimum atomic E-state index is 0.571. The van der Waals surface area contributed by atoms with Gasteiger partial charge in [0.25, 0.3) is 0 Å². The normalized spacial score (nSPS) is 10.5. The van der Waals surface area contributed by atoms with Crippen LogP contribution in [0, 0.1) is 0 Å². The van der Waals surface area contributed by atoms with Crippen molar-refractivity contribution in [1.29, 1.82) is 0 Å². The van der Waals surface area contributed by atoms with Crippen molar-refractivity contribution >= 4 is 23.2 Å². The van der Waals surface area contributed by atoms with E-state index in [4.69, 9.17) is 27.9 Å². The quantitative estimate of drug-likeness (QED) is 0.624. The van der Waals surface area contributed by atoms with E-state index in [2.05, 4.69) is 5.32 Å². The van der Waals surface area contributed by atoms with Crippen LogP contribution < -0.4 is 5.32 Å². The van der Waals surface area contributed by atoms with Crippen molar-refractivity contribution in [2.45, 2.75) is 6.42 Å². The number of ether oxygens (including phenoxy) is 1. The summed E-state index contributed by atoms with van der Waals surface area (Å²) in [5.74, 6) is 0. The van der Waals surface area contributed by atoms with Gasteiger partial charge in [0.15, 0.2) is 0 Å². The van der Waals surface area contributed by atoms with Crippen molar-refractivity contribution in [3.63, 3.8) is 0 Å². The van der Waals surface area contributed by atoms with Crippen LogP contribution in [-0.2, 0) is 11.2 Å². The van der Waals surface area contributed by atoms with Crippen molar-refractivity contribution in [1.82, 2.24) is 5.32 Å². The molecule has 0 aromatic heterocycles. The number of rotatable bonds is 5. The molecule has 78 valence electrons. The molecular weight excluding hydrogens is 221 g/mol. The Balaban J connectivity index is 2.39. The fourth-order valence-corrected chi connectivity index (χ4v) is 1.42. The third-order valence-electron chi connectivity index (χ3n) is 1.82. The average molecular weight is 234 g/mol. The maximum absolute atomic E-state index is 5.88. The summed E-state index contributed by atoms with van der Waals surface area (Å²) in [5, 5.41) is 4.32. The van der Waals surface area contributed by atoms with Crippen LogP contribution in [0.5, 0.6) is 0 Å². The van der Waals surface area contributed by atoms with Crippen molar-refractivity contribution in [2.24, 2.45) is 0 Å². The van der Waals surface area contributed by atoms with E-state index >= 15 is 0 Å². The Labute approximate surface area is 94.2 Å². The van der Waals surface area contributed by atoms with Crippen LogP contribution in [-0.4, -0.2) is 20.4 Å². The van der Waals surface area contributed by atoms with Crippen LogP contribution >= 0.6 is 23.2 Å². The first-order valence-corrected chi connectivity index (χ1v) is 5.13. The smallest absolute Gasteiger partial charge is 0.0961 e. The number of benzene rings is 1. The van der Waals surface area contributed by atoms with Crippen LogP contribution in [0.3, 0.4) is 0 Å². The fourth-order valence-electron chi connectivity index (χ4n) is 1.10. The first-order valence-electron chi connectivity index (χ1n) is 4.37. The van der Waals surface area contributed by atoms with Crippen molar-refractivity contribution in [3.05, 3.63) is 33.8 Å². The molecule has 0 fully saturated rings. The van der Waals surface area contributed by atoms with Crippen LogP contribution in [0.15, 0.2) is 18.2 Å². The summed E-state index contributed by atoms with van der Waals surface area (Å²) in [6.45, 7) is 1.44. The Morgan fingerprint density at radius 2 is 2.07 bits per heavy atom. The monoisotopic (exact) mass is 233 g/mol. The molecule has 14 heavy (non-hydrogen) atoms. The summed E-state index contributed by atoms with van der Waals surface area (Å²) < 4.78 is 4.86. The van der Waals surface area contributed by atoms with E-state index in [1.165, 1.54) is 5.56 Å². The zero-order valence-corrected chi connectivity index (χ0v) is 9.53. The molecule has 4 heteroatoms. The number of hydrogen-bond donors (Lipinski definition) is 1. The van der Waals surface area contributed by atoms with Gasteiger partial charge in [0.2, 0.25) is 0 Å². The second-order valence-electron chi connectivity index (χ2n) is 2.93. The molecule has 0 aliphatic heterocycles. The van der Waals surface area contributed by atoms with E-state index in [9.17, 15) is 0 Å². The predicted molar refractivity (Wildman–Crippen MR) is 60.0 cm³/mol. The zero-order chi connectivity index (χ0) is 10.4. The molecule has 2 nitrogen and oxygen atoms in total. The Kier molecular flexibility index (Phi) is 5.26. The molecule has 0 radical (unpaired) electrons. The van der Waals surface area contributed by atoms with Crippen LogP contribution in [0.25, 0.3) is 0 Å². The Bertz CT molecular complexity index is 291. The van der Waals surface area contributed by atoms with Gasteiger partial charge in [-0.15, -0.1) is 0 Å². The van der Waals surface area contributed by atoms with E-state index in [-0.39, 0.29) is 0 Å². The van der Waals surface area contributed by atoms with E-state index in [1.54, 1.807) is 7.11 Å². The van der Waals surface area contributed by atoms with E-state index in [1.807, 2.05) is 18.2 Å². The van der Waals surface area contributed by atoms with Gasteiger partial charge in [0.1, 0.15) is 0 Å². The highest BCUT2D eigenvalue weighted by molar-refractivity contribution is 6.42. The first-order chi connectivity index (χ1) is 6.74. The lowest BCUT2D eigenvalue weighted by Crippen LogP contribution is -2.19. The van der Waals surface area contributed by atoms with Crippen molar-refractivity contribution < 1.29 is 4.74 Å². The molecule has 0 aliphatic carbocycles. The summed E-state index contributed by atoms with van der Waals surface area (Å²) in [4.78, 5) is 0. The van der Waals surface area contributed by atoms with E-state index in [0.717, 1.165) is 13.0 Å². The summed E-state index contributed by atoms with van der Waals surface area (Å²) in [6, 6.07) is 5.68. The number of methoxy groups -OCH3 is 1. The summed E-state index contributed by atoms with van der Waals surface area (Å²) in [5.41, 5.74) is 1.17. The van der Waals surface area contributed by atoms with Crippen LogP contribution in [0.2, 0.25) is 10.0 Å². The molecule has 0 saturated heterocycles. The maximum Gasteiger partial charge on any atom is 0.0961 e. The lowest BCUT2D eigenvalue weighted by Gasteiger charge is -2.04. The molecule has 0 spiro atoms. The summed E-state index contributed by atoms with van der Waals surface area (Å²) >= 11 is 11.7. The van der Waals surface area contributed by atoms with Gasteiger partial charge >= 0.3 is 0 Å². The largest absolute Gasteiger partial charge is 0.370 e. The number of nitrogens with one attached hydrogen (secondary N) is 1. The predicted octanol–water partition coefficient (Wildman–Crippen LogP) is 2.73. The maximum atomic E-state index is 5.88. The SMILES string of the molecule is COCNCCc1ccc(Cl)c(Cl)c1. The first kappa shape index (κ1) is 11.8. The topological polar surface area (TPSA) is 21.3 Å². The van der Waals surface area contributed by atoms with Gasteiger partial charge in [-0.05, 0) is 24.1 Å². The van der Waals surface area contributed by atoms with Gasteiger partial charge in [0, 0.05) is 13.7 Å². The molecule has 0 heterocycles. The lowest BCUT2D eigenvalue weighted by molar-refractivity contribution is 0.176. The highest BCUT2D eigenvalue weighted by atomic mass is 35.5. The summed E-state index contributed by atoms with van der Waals surface area (Å²) in [7, 11) is 1.66. The highest BCUT2D eigenvalue weighted by Crippen LogP contribution is 2.22. The second kappa shape index (κ2) is 6.25. The van der Waals surface area contributed by atoms with Crippen LogP contribution in [0.4, 0.5) is 0 Å². The average Bonchev–Trinajstić information content (AvgIpc) is 2.18. The third-order valence-corrected chi connectivity index (χ3v) is 2.56. The third kappa shape index (κ3) is 3.84. The van der Waals surface area contributed by atoms with Crippen molar-refractivity contribution in [3.8, 4) is 0 Å². The van der Waals surface area contributed by atoms with E-state index < -0.39 is 0 Å². The minimum absolute atomic E-state index is 0.571. The number of hydrogen-bond acceptors (Lipinski definition) is 2. The van der Waals surface area contributed by atoms with Crippen molar-refractivity contribution in [2.75, 3.05) is 20.4 Å². The van der Waals surface area contributed by atoms with E-state index in [0.29, 0.717) is 16.8 Å². The van der Waals surface area contributed by atoms with Gasteiger partial charge in [0.05, 0.1) is 16.8 Å². The molecule has 0 atom stereocenters. The van der Waals surface area contributed by atoms with Gasteiger partial charge in [-0.2, -0.15) is 0 Å². The molecule has 1 rings (SSSR count). The number of halogens is 2. The van der Waals surface area contributed by atoms with Gasteiger partial charge in [-0.3, -0.25) is 5.32 Å². The highest BCUT2D eigenvalue weighted by Gasteiger charge is 1.98. The summed E-state index contributed by atoms with van der Waals surface area (Å²) in [6.07, 6.45) is 0.917. The standard InChI is InChI=1S/C10H13Cl2NO/c1-14-7-13-5-4-8-2-3-9(11)10(12)6-8/h2-3,6,13H,4-5,7H2,1H3.